The SMILES string of the molecule is CCCCCNC(=O)CC1CC(=O)C(c2c(C)cc(C)cc2C)C1=O. The van der Waals surface area contributed by atoms with Crippen LogP contribution in [0.15, 0.2) is 12.1 Å². The molecule has 4 heteroatoms. The van der Waals surface area contributed by atoms with Crippen molar-refractivity contribution in [2.45, 2.75) is 65.7 Å². The van der Waals surface area contributed by atoms with Gasteiger partial charge in [-0.3, -0.25) is 14.4 Å². The molecule has 0 bridgehead atoms. The van der Waals surface area contributed by atoms with E-state index in [1.165, 1.54) is 0 Å². The van der Waals surface area contributed by atoms with Crippen LogP contribution in [0.3, 0.4) is 0 Å². The quantitative estimate of drug-likeness (QED) is 0.608. The molecule has 4 nitrogen and oxygen atoms in total. The zero-order valence-electron chi connectivity index (χ0n) is 15.8. The van der Waals surface area contributed by atoms with Crippen molar-refractivity contribution in [2.24, 2.45) is 5.92 Å². The number of ketones is 2. The summed E-state index contributed by atoms with van der Waals surface area (Å²) in [6.45, 7) is 8.65. The highest BCUT2D eigenvalue weighted by molar-refractivity contribution is 6.15. The van der Waals surface area contributed by atoms with Crippen molar-refractivity contribution in [1.82, 2.24) is 5.32 Å². The molecule has 2 rings (SSSR count). The number of aryl methyl sites for hydroxylation is 3. The number of Topliss-reactive ketones (excluding diaryl/α,β-unsaturated/α-hetero) is 2. The van der Waals surface area contributed by atoms with E-state index in [2.05, 4.69) is 12.2 Å². The van der Waals surface area contributed by atoms with E-state index in [-0.39, 0.29) is 30.3 Å². The predicted octanol–water partition coefficient (Wildman–Crippen LogP) is 3.55. The topological polar surface area (TPSA) is 63.2 Å². The number of hydrogen-bond donors (Lipinski definition) is 1. The molecule has 0 aliphatic heterocycles. The van der Waals surface area contributed by atoms with Crippen LogP contribution in [-0.4, -0.2) is 24.0 Å². The molecular weight excluding hydrogens is 314 g/mol. The number of unbranched alkanes of at least 4 members (excludes halogenated alkanes) is 2. The smallest absolute Gasteiger partial charge is 0.220 e. The Labute approximate surface area is 150 Å². The van der Waals surface area contributed by atoms with Gasteiger partial charge in [0.15, 0.2) is 5.78 Å². The minimum atomic E-state index is -0.696. The van der Waals surface area contributed by atoms with Crippen molar-refractivity contribution in [3.05, 3.63) is 34.4 Å². The van der Waals surface area contributed by atoms with E-state index >= 15 is 0 Å². The van der Waals surface area contributed by atoms with Crippen molar-refractivity contribution in [1.29, 1.82) is 0 Å². The van der Waals surface area contributed by atoms with E-state index in [4.69, 9.17) is 0 Å². The van der Waals surface area contributed by atoms with Gasteiger partial charge in [0, 0.05) is 25.3 Å². The minimum Gasteiger partial charge on any atom is -0.356 e. The van der Waals surface area contributed by atoms with Gasteiger partial charge in [-0.15, -0.1) is 0 Å². The number of benzene rings is 1. The van der Waals surface area contributed by atoms with Crippen LogP contribution in [-0.2, 0) is 14.4 Å². The number of amides is 1. The van der Waals surface area contributed by atoms with Gasteiger partial charge in [-0.1, -0.05) is 37.5 Å². The number of rotatable bonds is 7. The first-order chi connectivity index (χ1) is 11.8. The van der Waals surface area contributed by atoms with E-state index in [0.717, 1.165) is 41.5 Å². The summed E-state index contributed by atoms with van der Waals surface area (Å²) in [7, 11) is 0. The van der Waals surface area contributed by atoms with E-state index in [1.54, 1.807) is 0 Å². The molecule has 1 N–H and O–H groups in total. The maximum atomic E-state index is 12.8. The molecule has 136 valence electrons. The fraction of sp³-hybridized carbons (Fsp3) is 0.571. The molecule has 0 radical (unpaired) electrons. The van der Waals surface area contributed by atoms with Crippen molar-refractivity contribution < 1.29 is 14.4 Å². The maximum Gasteiger partial charge on any atom is 0.220 e. The van der Waals surface area contributed by atoms with Gasteiger partial charge in [0.1, 0.15) is 11.7 Å². The summed E-state index contributed by atoms with van der Waals surface area (Å²) in [6.07, 6.45) is 3.43. The summed E-state index contributed by atoms with van der Waals surface area (Å²) in [5.74, 6) is -1.45. The Hall–Kier alpha value is -1.97. The van der Waals surface area contributed by atoms with Gasteiger partial charge >= 0.3 is 0 Å². The standard InChI is InChI=1S/C21H29NO3/c1-5-6-7-8-22-18(24)12-16-11-17(23)20(21(16)25)19-14(3)9-13(2)10-15(19)4/h9-10,16,20H,5-8,11-12H2,1-4H3,(H,22,24). The molecule has 0 saturated heterocycles. The molecule has 1 amide bonds. The molecule has 1 saturated carbocycles. The zero-order chi connectivity index (χ0) is 18.6. The van der Waals surface area contributed by atoms with Crippen LogP contribution in [0.2, 0.25) is 0 Å². The van der Waals surface area contributed by atoms with Gasteiger partial charge < -0.3 is 5.32 Å². The Morgan fingerprint density at radius 1 is 1.12 bits per heavy atom. The number of carbonyl (C=O) groups excluding carboxylic acids is 3. The molecule has 0 aromatic heterocycles. The summed E-state index contributed by atoms with van der Waals surface area (Å²) >= 11 is 0. The second-order valence-electron chi connectivity index (χ2n) is 7.28. The lowest BCUT2D eigenvalue weighted by Gasteiger charge is -2.16. The van der Waals surface area contributed by atoms with E-state index in [1.807, 2.05) is 32.9 Å². The first-order valence-corrected chi connectivity index (χ1v) is 9.26. The summed E-state index contributed by atoms with van der Waals surface area (Å²) in [4.78, 5) is 37.4. The third-order valence-electron chi connectivity index (χ3n) is 5.02. The summed E-state index contributed by atoms with van der Waals surface area (Å²) in [6, 6.07) is 4.02. The second kappa shape index (κ2) is 8.41. The Bertz CT molecular complexity index is 655. The largest absolute Gasteiger partial charge is 0.356 e. The molecular formula is C21H29NO3. The predicted molar refractivity (Wildman–Crippen MR) is 98.7 cm³/mol. The Morgan fingerprint density at radius 3 is 2.36 bits per heavy atom. The summed E-state index contributed by atoms with van der Waals surface area (Å²) < 4.78 is 0. The molecule has 0 spiro atoms. The lowest BCUT2D eigenvalue weighted by atomic mass is 9.86. The van der Waals surface area contributed by atoms with Gasteiger partial charge in [0.05, 0.1) is 0 Å². The van der Waals surface area contributed by atoms with E-state index in [0.29, 0.717) is 6.54 Å². The summed E-state index contributed by atoms with van der Waals surface area (Å²) in [5.41, 5.74) is 3.92. The van der Waals surface area contributed by atoms with Crippen molar-refractivity contribution in [2.75, 3.05) is 6.54 Å². The average Bonchev–Trinajstić information content (AvgIpc) is 2.78. The lowest BCUT2D eigenvalue weighted by molar-refractivity contribution is -0.128. The van der Waals surface area contributed by atoms with Crippen LogP contribution in [0.25, 0.3) is 0 Å². The molecule has 1 fully saturated rings. The van der Waals surface area contributed by atoms with E-state index in [9.17, 15) is 14.4 Å². The fourth-order valence-corrected chi connectivity index (χ4v) is 3.88. The zero-order valence-corrected chi connectivity index (χ0v) is 15.8. The minimum absolute atomic E-state index is 0.0520. The fourth-order valence-electron chi connectivity index (χ4n) is 3.88. The number of carbonyl (C=O) groups is 3. The van der Waals surface area contributed by atoms with Crippen molar-refractivity contribution >= 4 is 17.5 Å². The van der Waals surface area contributed by atoms with Gasteiger partial charge in [-0.2, -0.15) is 0 Å². The highest BCUT2D eigenvalue weighted by atomic mass is 16.2. The Balaban J connectivity index is 2.07. The number of hydrogen-bond acceptors (Lipinski definition) is 3. The molecule has 2 atom stereocenters. The van der Waals surface area contributed by atoms with Crippen molar-refractivity contribution in [3.8, 4) is 0 Å². The first-order valence-electron chi connectivity index (χ1n) is 9.26. The normalized spacial score (nSPS) is 20.2. The molecule has 1 aliphatic rings. The molecule has 0 heterocycles. The Kier molecular flexibility index (Phi) is 6.51. The molecule has 2 unspecified atom stereocenters. The third kappa shape index (κ3) is 4.56. The van der Waals surface area contributed by atoms with Gasteiger partial charge in [0.25, 0.3) is 0 Å². The molecule has 1 aliphatic carbocycles. The molecule has 1 aromatic rings. The highest BCUT2D eigenvalue weighted by Gasteiger charge is 2.43. The van der Waals surface area contributed by atoms with E-state index < -0.39 is 11.8 Å². The van der Waals surface area contributed by atoms with Crippen LogP contribution < -0.4 is 5.32 Å². The van der Waals surface area contributed by atoms with Crippen LogP contribution in [0, 0.1) is 26.7 Å². The number of nitrogens with one attached hydrogen (secondary N) is 1. The van der Waals surface area contributed by atoms with Crippen LogP contribution in [0.5, 0.6) is 0 Å². The lowest BCUT2D eigenvalue weighted by Crippen LogP contribution is -2.28. The summed E-state index contributed by atoms with van der Waals surface area (Å²) in [5, 5.41) is 2.86. The van der Waals surface area contributed by atoms with Crippen LogP contribution in [0.4, 0.5) is 0 Å². The third-order valence-corrected chi connectivity index (χ3v) is 5.02. The monoisotopic (exact) mass is 343 g/mol. The Morgan fingerprint density at radius 2 is 1.76 bits per heavy atom. The van der Waals surface area contributed by atoms with Crippen LogP contribution >= 0.6 is 0 Å². The van der Waals surface area contributed by atoms with Gasteiger partial charge in [0.2, 0.25) is 5.91 Å². The van der Waals surface area contributed by atoms with Crippen LogP contribution in [0.1, 0.15) is 67.2 Å². The first kappa shape index (κ1) is 19.4. The average molecular weight is 343 g/mol. The second-order valence-corrected chi connectivity index (χ2v) is 7.28. The van der Waals surface area contributed by atoms with Gasteiger partial charge in [-0.25, -0.2) is 0 Å². The maximum absolute atomic E-state index is 12.8. The van der Waals surface area contributed by atoms with Gasteiger partial charge in [-0.05, 0) is 43.9 Å². The molecule has 1 aromatic carbocycles. The highest BCUT2D eigenvalue weighted by Crippen LogP contribution is 2.37. The molecule has 25 heavy (non-hydrogen) atoms. The van der Waals surface area contributed by atoms with Crippen molar-refractivity contribution in [3.63, 3.8) is 0 Å².